The Morgan fingerprint density at radius 2 is 2.11 bits per heavy atom. The highest BCUT2D eigenvalue weighted by Crippen LogP contribution is 2.20. The quantitative estimate of drug-likeness (QED) is 0.550. The number of hydrazine groups is 1. The van der Waals surface area contributed by atoms with E-state index in [1.54, 1.807) is 29.2 Å². The topological polar surface area (TPSA) is 78.6 Å². The zero-order valence-corrected chi connectivity index (χ0v) is 10.3. The summed E-state index contributed by atoms with van der Waals surface area (Å²) in [4.78, 5) is 14.1. The number of anilines is 1. The van der Waals surface area contributed by atoms with Gasteiger partial charge in [-0.05, 0) is 43.5 Å². The molecule has 1 aromatic carbocycles. The molecule has 1 atom stereocenters. The van der Waals surface area contributed by atoms with Gasteiger partial charge in [-0.15, -0.1) is 0 Å². The minimum atomic E-state index is -0.0430. The van der Waals surface area contributed by atoms with Crippen molar-refractivity contribution in [1.82, 2.24) is 4.90 Å². The number of carbonyl (C=O) groups excluding carboxylic acids is 1. The Bertz CT molecular complexity index is 405. The first-order valence-corrected chi connectivity index (χ1v) is 6.24. The van der Waals surface area contributed by atoms with Crippen molar-refractivity contribution in [3.05, 3.63) is 29.8 Å². The van der Waals surface area contributed by atoms with Gasteiger partial charge in [0, 0.05) is 17.8 Å². The number of nitrogens with two attached hydrogens (primary N) is 1. The molecule has 1 saturated heterocycles. The number of piperidine rings is 1. The van der Waals surface area contributed by atoms with Crippen LogP contribution in [0.4, 0.5) is 5.69 Å². The fourth-order valence-corrected chi connectivity index (χ4v) is 2.33. The maximum atomic E-state index is 12.3. The molecule has 0 spiro atoms. The molecule has 5 heteroatoms. The van der Waals surface area contributed by atoms with Crippen LogP contribution in [0.1, 0.15) is 29.6 Å². The van der Waals surface area contributed by atoms with Crippen LogP contribution in [0.2, 0.25) is 0 Å². The summed E-state index contributed by atoms with van der Waals surface area (Å²) >= 11 is 0. The van der Waals surface area contributed by atoms with Gasteiger partial charge in [0.1, 0.15) is 0 Å². The summed E-state index contributed by atoms with van der Waals surface area (Å²) in [6.45, 7) is 0.759. The number of benzene rings is 1. The van der Waals surface area contributed by atoms with Gasteiger partial charge in [0.2, 0.25) is 0 Å². The molecule has 18 heavy (non-hydrogen) atoms. The van der Waals surface area contributed by atoms with Crippen LogP contribution in [0.15, 0.2) is 24.3 Å². The van der Waals surface area contributed by atoms with E-state index in [9.17, 15) is 9.90 Å². The lowest BCUT2D eigenvalue weighted by Crippen LogP contribution is -2.45. The Morgan fingerprint density at radius 3 is 2.72 bits per heavy atom. The molecule has 0 aromatic heterocycles. The van der Waals surface area contributed by atoms with Crippen LogP contribution in [-0.4, -0.2) is 35.1 Å². The van der Waals surface area contributed by atoms with Gasteiger partial charge in [0.15, 0.2) is 0 Å². The third kappa shape index (κ3) is 2.63. The Labute approximate surface area is 107 Å². The summed E-state index contributed by atoms with van der Waals surface area (Å²) in [6, 6.07) is 7.00. The van der Waals surface area contributed by atoms with Crippen molar-refractivity contribution < 1.29 is 9.90 Å². The predicted molar refractivity (Wildman–Crippen MR) is 70.0 cm³/mol. The number of likely N-dealkylation sites (tertiary alicyclic amines) is 1. The van der Waals surface area contributed by atoms with Crippen molar-refractivity contribution in [3.63, 3.8) is 0 Å². The van der Waals surface area contributed by atoms with Gasteiger partial charge in [0.25, 0.3) is 5.91 Å². The lowest BCUT2D eigenvalue weighted by molar-refractivity contribution is 0.0503. The Morgan fingerprint density at radius 1 is 1.39 bits per heavy atom. The molecule has 4 N–H and O–H groups in total. The molecule has 1 fully saturated rings. The summed E-state index contributed by atoms with van der Waals surface area (Å²) in [7, 11) is 0. The van der Waals surface area contributed by atoms with E-state index in [2.05, 4.69) is 5.43 Å². The lowest BCUT2D eigenvalue weighted by atomic mass is 10.0. The van der Waals surface area contributed by atoms with Crippen molar-refractivity contribution in [1.29, 1.82) is 0 Å². The van der Waals surface area contributed by atoms with Gasteiger partial charge in [-0.2, -0.15) is 0 Å². The van der Waals surface area contributed by atoms with E-state index < -0.39 is 0 Å². The molecule has 5 nitrogen and oxygen atoms in total. The predicted octanol–water partition coefficient (Wildman–Crippen LogP) is 0.959. The van der Waals surface area contributed by atoms with E-state index in [0.29, 0.717) is 5.56 Å². The van der Waals surface area contributed by atoms with Gasteiger partial charge in [0.05, 0.1) is 12.6 Å². The molecule has 1 unspecified atom stereocenters. The van der Waals surface area contributed by atoms with Crippen LogP contribution in [0.3, 0.4) is 0 Å². The van der Waals surface area contributed by atoms with Crippen LogP contribution in [-0.2, 0) is 0 Å². The number of hydrogen-bond donors (Lipinski definition) is 3. The molecule has 1 aliphatic rings. The third-order valence-corrected chi connectivity index (χ3v) is 3.40. The van der Waals surface area contributed by atoms with Crippen molar-refractivity contribution in [2.24, 2.45) is 5.84 Å². The summed E-state index contributed by atoms with van der Waals surface area (Å²) < 4.78 is 0. The van der Waals surface area contributed by atoms with Gasteiger partial charge in [-0.25, -0.2) is 0 Å². The monoisotopic (exact) mass is 249 g/mol. The van der Waals surface area contributed by atoms with Crippen LogP contribution < -0.4 is 11.3 Å². The van der Waals surface area contributed by atoms with E-state index >= 15 is 0 Å². The number of aliphatic hydroxyl groups excluding tert-OH is 1. The van der Waals surface area contributed by atoms with E-state index in [1.807, 2.05) is 0 Å². The lowest BCUT2D eigenvalue weighted by Gasteiger charge is -2.34. The van der Waals surface area contributed by atoms with Crippen LogP contribution in [0, 0.1) is 0 Å². The number of nitrogens with zero attached hydrogens (tertiary/aromatic N) is 1. The molecular formula is C13H19N3O2. The number of aliphatic hydroxyl groups is 1. The van der Waals surface area contributed by atoms with Crippen molar-refractivity contribution in [2.75, 3.05) is 18.6 Å². The number of hydrogen-bond acceptors (Lipinski definition) is 4. The molecule has 0 bridgehead atoms. The van der Waals surface area contributed by atoms with Gasteiger partial charge in [-0.3, -0.25) is 10.6 Å². The zero-order valence-electron chi connectivity index (χ0n) is 10.3. The van der Waals surface area contributed by atoms with Gasteiger partial charge < -0.3 is 15.4 Å². The fourth-order valence-electron chi connectivity index (χ4n) is 2.33. The molecule has 1 aromatic rings. The van der Waals surface area contributed by atoms with Crippen molar-refractivity contribution in [3.8, 4) is 0 Å². The summed E-state index contributed by atoms with van der Waals surface area (Å²) in [6.07, 6.45) is 2.96. The summed E-state index contributed by atoms with van der Waals surface area (Å²) in [5.74, 6) is 5.27. The minimum Gasteiger partial charge on any atom is -0.394 e. The Kier molecular flexibility index (Phi) is 4.17. The van der Waals surface area contributed by atoms with E-state index in [-0.39, 0.29) is 18.6 Å². The highest BCUT2D eigenvalue weighted by molar-refractivity contribution is 5.94. The Hall–Kier alpha value is -1.59. The molecular weight excluding hydrogens is 230 g/mol. The third-order valence-electron chi connectivity index (χ3n) is 3.40. The van der Waals surface area contributed by atoms with Crippen LogP contribution >= 0.6 is 0 Å². The van der Waals surface area contributed by atoms with E-state index in [1.165, 1.54) is 0 Å². The number of rotatable bonds is 3. The Balaban J connectivity index is 2.13. The summed E-state index contributed by atoms with van der Waals surface area (Å²) in [5, 5.41) is 9.32. The highest BCUT2D eigenvalue weighted by atomic mass is 16.3. The largest absolute Gasteiger partial charge is 0.394 e. The zero-order chi connectivity index (χ0) is 13.0. The van der Waals surface area contributed by atoms with Crippen LogP contribution in [0.5, 0.6) is 0 Å². The average Bonchev–Trinajstić information content (AvgIpc) is 2.46. The first kappa shape index (κ1) is 12.9. The first-order chi connectivity index (χ1) is 8.76. The normalized spacial score (nSPS) is 19.7. The molecule has 1 heterocycles. The maximum Gasteiger partial charge on any atom is 0.254 e. The number of amides is 1. The van der Waals surface area contributed by atoms with Crippen molar-refractivity contribution >= 4 is 11.6 Å². The second-order valence-electron chi connectivity index (χ2n) is 4.55. The standard InChI is InChI=1S/C13H19N3O2/c14-15-11-6-4-10(5-7-11)13(18)16-8-2-1-3-12(16)9-17/h4-7,12,15,17H,1-3,8-9,14H2. The molecule has 98 valence electrons. The molecule has 0 radical (unpaired) electrons. The highest BCUT2D eigenvalue weighted by Gasteiger charge is 2.26. The smallest absolute Gasteiger partial charge is 0.254 e. The van der Waals surface area contributed by atoms with E-state index in [4.69, 9.17) is 5.84 Å². The average molecular weight is 249 g/mol. The molecule has 0 aliphatic carbocycles. The molecule has 1 amide bonds. The molecule has 0 saturated carbocycles. The van der Waals surface area contributed by atoms with Crippen LogP contribution in [0.25, 0.3) is 0 Å². The first-order valence-electron chi connectivity index (χ1n) is 6.24. The number of carbonyl (C=O) groups is 1. The number of nitrogen functional groups attached to an aromatic ring is 1. The van der Waals surface area contributed by atoms with E-state index in [0.717, 1.165) is 31.5 Å². The fraction of sp³-hybridized carbons (Fsp3) is 0.462. The second-order valence-corrected chi connectivity index (χ2v) is 4.55. The van der Waals surface area contributed by atoms with Gasteiger partial charge >= 0.3 is 0 Å². The van der Waals surface area contributed by atoms with Crippen molar-refractivity contribution in [2.45, 2.75) is 25.3 Å². The molecule has 2 rings (SSSR count). The summed E-state index contributed by atoms with van der Waals surface area (Å²) in [5.41, 5.74) is 3.93. The van der Waals surface area contributed by atoms with Gasteiger partial charge in [-0.1, -0.05) is 0 Å². The maximum absolute atomic E-state index is 12.3. The SMILES string of the molecule is NNc1ccc(C(=O)N2CCCCC2CO)cc1. The molecule has 1 aliphatic heterocycles. The number of nitrogens with one attached hydrogen (secondary N) is 1. The second kappa shape index (κ2) is 5.84. The minimum absolute atomic E-state index is 0.0164.